The molecule has 0 radical (unpaired) electrons. The van der Waals surface area contributed by atoms with Gasteiger partial charge in [-0.1, -0.05) is 48.5 Å². The van der Waals surface area contributed by atoms with E-state index in [4.69, 9.17) is 4.74 Å². The summed E-state index contributed by atoms with van der Waals surface area (Å²) in [4.78, 5) is 16.8. The Morgan fingerprint density at radius 2 is 1.79 bits per heavy atom. The van der Waals surface area contributed by atoms with Gasteiger partial charge in [0, 0.05) is 22.2 Å². The number of aromatic nitrogens is 1. The number of thiazole rings is 1. The van der Waals surface area contributed by atoms with E-state index in [9.17, 15) is 9.18 Å². The van der Waals surface area contributed by atoms with E-state index < -0.39 is 0 Å². The molecule has 0 fully saturated rings. The van der Waals surface area contributed by atoms with Crippen molar-refractivity contribution in [2.75, 3.05) is 5.32 Å². The third-order valence-electron chi connectivity index (χ3n) is 4.20. The number of ether oxygens (including phenoxy) is 1. The number of benzene rings is 3. The van der Waals surface area contributed by atoms with E-state index in [1.165, 1.54) is 17.4 Å². The highest BCUT2D eigenvalue weighted by Crippen LogP contribution is 2.28. The number of nitrogens with zero attached hydrogens (tertiary/aromatic N) is 1. The molecule has 0 aliphatic rings. The number of carbonyl (C=O) groups is 1. The zero-order valence-corrected chi connectivity index (χ0v) is 16.2. The smallest absolute Gasteiger partial charge is 0.275 e. The maximum absolute atomic E-state index is 13.7. The summed E-state index contributed by atoms with van der Waals surface area (Å²) >= 11 is 1.38. The quantitative estimate of drug-likeness (QED) is 0.443. The fraction of sp³-hybridized carbons (Fsp3) is 0.0435. The molecule has 4 rings (SSSR count). The van der Waals surface area contributed by atoms with Crippen LogP contribution in [0.5, 0.6) is 5.75 Å². The number of halogens is 1. The number of hydrogen-bond donors (Lipinski definition) is 1. The lowest BCUT2D eigenvalue weighted by Crippen LogP contribution is -2.12. The van der Waals surface area contributed by atoms with Crippen molar-refractivity contribution in [3.05, 3.63) is 101 Å². The third-order valence-corrected chi connectivity index (χ3v) is 5.09. The molecule has 0 spiro atoms. The van der Waals surface area contributed by atoms with E-state index in [0.717, 1.165) is 11.3 Å². The van der Waals surface area contributed by atoms with Crippen LogP contribution in [0.15, 0.2) is 84.2 Å². The number of hydrogen-bond acceptors (Lipinski definition) is 4. The van der Waals surface area contributed by atoms with Gasteiger partial charge in [0.2, 0.25) is 0 Å². The van der Waals surface area contributed by atoms with Gasteiger partial charge < -0.3 is 10.1 Å². The molecular formula is C23H17FN2O2S. The maximum Gasteiger partial charge on any atom is 0.275 e. The van der Waals surface area contributed by atoms with Gasteiger partial charge in [0.15, 0.2) is 0 Å². The van der Waals surface area contributed by atoms with Crippen LogP contribution in [0.25, 0.3) is 10.6 Å². The Kier molecular flexibility index (Phi) is 5.63. The fourth-order valence-corrected chi connectivity index (χ4v) is 3.52. The van der Waals surface area contributed by atoms with Gasteiger partial charge in [-0.25, -0.2) is 9.37 Å². The van der Waals surface area contributed by atoms with Gasteiger partial charge in [0.05, 0.1) is 0 Å². The van der Waals surface area contributed by atoms with E-state index >= 15 is 0 Å². The Balaban J connectivity index is 1.46. The first-order valence-electron chi connectivity index (χ1n) is 8.97. The van der Waals surface area contributed by atoms with Crippen LogP contribution >= 0.6 is 11.3 Å². The Labute approximate surface area is 171 Å². The molecule has 4 aromatic rings. The van der Waals surface area contributed by atoms with Crippen LogP contribution < -0.4 is 10.1 Å². The number of rotatable bonds is 6. The summed E-state index contributed by atoms with van der Waals surface area (Å²) in [6.45, 7) is 0.138. The number of amides is 1. The van der Waals surface area contributed by atoms with E-state index in [0.29, 0.717) is 22.0 Å². The van der Waals surface area contributed by atoms with Gasteiger partial charge in [-0.2, -0.15) is 0 Å². The molecule has 29 heavy (non-hydrogen) atoms. The van der Waals surface area contributed by atoms with Crippen LogP contribution in [0, 0.1) is 5.82 Å². The minimum absolute atomic E-state index is 0.138. The molecule has 1 amide bonds. The summed E-state index contributed by atoms with van der Waals surface area (Å²) in [5.74, 6) is 0.0551. The average molecular weight is 404 g/mol. The van der Waals surface area contributed by atoms with Crippen LogP contribution in [-0.4, -0.2) is 10.9 Å². The van der Waals surface area contributed by atoms with Crippen LogP contribution in [0.2, 0.25) is 0 Å². The molecule has 0 unspecified atom stereocenters. The largest absolute Gasteiger partial charge is 0.489 e. The number of para-hydroxylation sites is 1. The summed E-state index contributed by atoms with van der Waals surface area (Å²) in [7, 11) is 0. The average Bonchev–Trinajstić information content (AvgIpc) is 3.25. The Bertz CT molecular complexity index is 1130. The zero-order valence-electron chi connectivity index (χ0n) is 15.3. The van der Waals surface area contributed by atoms with E-state index in [1.54, 1.807) is 29.6 Å². The standard InChI is InChI=1S/C23H17FN2O2S/c24-20-12-5-4-7-17(20)14-28-19-11-6-8-16(13-19)23-26-21(15-29-23)22(27)25-18-9-2-1-3-10-18/h1-13,15H,14H2,(H,25,27). The molecule has 144 valence electrons. The highest BCUT2D eigenvalue weighted by molar-refractivity contribution is 7.13. The number of nitrogens with one attached hydrogen (secondary N) is 1. The van der Waals surface area contributed by atoms with Crippen LogP contribution in [-0.2, 0) is 6.61 Å². The molecule has 0 saturated heterocycles. The summed E-state index contributed by atoms with van der Waals surface area (Å²) < 4.78 is 19.5. The highest BCUT2D eigenvalue weighted by Gasteiger charge is 2.13. The fourth-order valence-electron chi connectivity index (χ4n) is 2.72. The molecular weight excluding hydrogens is 387 g/mol. The molecule has 0 atom stereocenters. The van der Waals surface area contributed by atoms with Crippen molar-refractivity contribution in [1.82, 2.24) is 4.98 Å². The van der Waals surface area contributed by atoms with Gasteiger partial charge in [0.1, 0.15) is 28.9 Å². The zero-order chi connectivity index (χ0) is 20.1. The van der Waals surface area contributed by atoms with Gasteiger partial charge in [-0.15, -0.1) is 11.3 Å². The molecule has 4 nitrogen and oxygen atoms in total. The number of carbonyl (C=O) groups excluding carboxylic acids is 1. The first-order valence-corrected chi connectivity index (χ1v) is 9.85. The Morgan fingerprint density at radius 3 is 2.62 bits per heavy atom. The summed E-state index contributed by atoms with van der Waals surface area (Å²) in [6, 6.07) is 23.1. The Morgan fingerprint density at radius 1 is 1.00 bits per heavy atom. The minimum atomic E-state index is -0.294. The molecule has 0 aliphatic heterocycles. The second-order valence-corrected chi connectivity index (χ2v) is 7.12. The van der Waals surface area contributed by atoms with Gasteiger partial charge in [-0.05, 0) is 30.3 Å². The lowest BCUT2D eigenvalue weighted by Gasteiger charge is -2.08. The number of anilines is 1. The predicted octanol–water partition coefficient (Wildman–Crippen LogP) is 5.78. The lowest BCUT2D eigenvalue weighted by atomic mass is 10.2. The van der Waals surface area contributed by atoms with Gasteiger partial charge in [0.25, 0.3) is 5.91 Å². The van der Waals surface area contributed by atoms with Gasteiger partial charge in [-0.3, -0.25) is 4.79 Å². The first-order chi connectivity index (χ1) is 14.2. The molecule has 0 bridgehead atoms. The normalized spacial score (nSPS) is 10.5. The summed E-state index contributed by atoms with van der Waals surface area (Å²) in [6.07, 6.45) is 0. The van der Waals surface area contributed by atoms with Crippen molar-refractivity contribution >= 4 is 22.9 Å². The molecule has 0 saturated carbocycles. The van der Waals surface area contributed by atoms with Crippen molar-refractivity contribution in [1.29, 1.82) is 0 Å². The SMILES string of the molecule is O=C(Nc1ccccc1)c1csc(-c2cccc(OCc3ccccc3F)c2)n1. The molecule has 1 heterocycles. The van der Waals surface area contributed by atoms with Gasteiger partial charge >= 0.3 is 0 Å². The van der Waals surface area contributed by atoms with Crippen LogP contribution in [0.3, 0.4) is 0 Å². The monoisotopic (exact) mass is 404 g/mol. The predicted molar refractivity (Wildman–Crippen MR) is 113 cm³/mol. The van der Waals surface area contributed by atoms with E-state index in [2.05, 4.69) is 10.3 Å². The Hall–Kier alpha value is -3.51. The summed E-state index contributed by atoms with van der Waals surface area (Å²) in [5.41, 5.74) is 2.40. The first kappa shape index (κ1) is 18.8. The second-order valence-electron chi connectivity index (χ2n) is 6.27. The van der Waals surface area contributed by atoms with Crippen molar-refractivity contribution in [3.63, 3.8) is 0 Å². The van der Waals surface area contributed by atoms with Crippen LogP contribution in [0.4, 0.5) is 10.1 Å². The highest BCUT2D eigenvalue weighted by atomic mass is 32.1. The lowest BCUT2D eigenvalue weighted by molar-refractivity contribution is 0.102. The van der Waals surface area contributed by atoms with E-state index in [1.807, 2.05) is 48.5 Å². The molecule has 6 heteroatoms. The maximum atomic E-state index is 13.7. The third kappa shape index (κ3) is 4.67. The molecule has 0 aliphatic carbocycles. The second kappa shape index (κ2) is 8.67. The van der Waals surface area contributed by atoms with E-state index in [-0.39, 0.29) is 18.3 Å². The van der Waals surface area contributed by atoms with Crippen molar-refractivity contribution in [2.24, 2.45) is 0 Å². The summed E-state index contributed by atoms with van der Waals surface area (Å²) in [5, 5.41) is 5.25. The van der Waals surface area contributed by atoms with Crippen molar-refractivity contribution in [2.45, 2.75) is 6.61 Å². The topological polar surface area (TPSA) is 51.2 Å². The minimum Gasteiger partial charge on any atom is -0.489 e. The van der Waals surface area contributed by atoms with Crippen molar-refractivity contribution < 1.29 is 13.9 Å². The molecule has 1 N–H and O–H groups in total. The molecule has 3 aromatic carbocycles. The van der Waals surface area contributed by atoms with Crippen molar-refractivity contribution in [3.8, 4) is 16.3 Å². The van der Waals surface area contributed by atoms with Crippen LogP contribution in [0.1, 0.15) is 16.1 Å². The molecule has 1 aromatic heterocycles.